The van der Waals surface area contributed by atoms with Crippen LogP contribution in [0.3, 0.4) is 0 Å². The maximum absolute atomic E-state index is 6.00. The Morgan fingerprint density at radius 2 is 2.06 bits per heavy atom. The van der Waals surface area contributed by atoms with Crippen molar-refractivity contribution in [1.29, 1.82) is 0 Å². The summed E-state index contributed by atoms with van der Waals surface area (Å²) in [5.41, 5.74) is 9.47. The van der Waals surface area contributed by atoms with Gasteiger partial charge in [-0.2, -0.15) is 5.10 Å². The van der Waals surface area contributed by atoms with Gasteiger partial charge in [-0.15, -0.1) is 0 Å². The number of hydrogen-bond donors (Lipinski definition) is 1. The molecule has 2 aromatic rings. The SMILES string of the molecule is COc1ccc(-n2nc(C)c(Br)c2C)c(N)c1. The van der Waals surface area contributed by atoms with Crippen molar-refractivity contribution in [3.63, 3.8) is 0 Å². The van der Waals surface area contributed by atoms with Crippen molar-refractivity contribution in [2.24, 2.45) is 0 Å². The lowest BCUT2D eigenvalue weighted by Gasteiger charge is -2.09. The normalized spacial score (nSPS) is 10.6. The van der Waals surface area contributed by atoms with Crippen LogP contribution in [0.5, 0.6) is 5.75 Å². The van der Waals surface area contributed by atoms with Crippen LogP contribution in [0.15, 0.2) is 22.7 Å². The first-order valence-corrected chi connectivity index (χ1v) is 5.99. The van der Waals surface area contributed by atoms with Crippen LogP contribution >= 0.6 is 15.9 Å². The molecule has 0 amide bonds. The maximum atomic E-state index is 6.00. The van der Waals surface area contributed by atoms with Crippen molar-refractivity contribution in [2.75, 3.05) is 12.8 Å². The Hall–Kier alpha value is -1.49. The molecule has 0 spiro atoms. The van der Waals surface area contributed by atoms with Crippen molar-refractivity contribution in [3.8, 4) is 11.4 Å². The summed E-state index contributed by atoms with van der Waals surface area (Å²) in [7, 11) is 1.62. The molecule has 0 unspecified atom stereocenters. The smallest absolute Gasteiger partial charge is 0.121 e. The number of aryl methyl sites for hydroxylation is 1. The summed E-state index contributed by atoms with van der Waals surface area (Å²) >= 11 is 3.50. The Morgan fingerprint density at radius 1 is 1.35 bits per heavy atom. The molecule has 17 heavy (non-hydrogen) atoms. The van der Waals surface area contributed by atoms with Crippen molar-refractivity contribution in [1.82, 2.24) is 9.78 Å². The lowest BCUT2D eigenvalue weighted by atomic mass is 10.2. The molecular formula is C12H14BrN3O. The number of aromatic nitrogens is 2. The standard InChI is InChI=1S/C12H14BrN3O/c1-7-12(13)8(2)16(15-7)11-5-4-9(17-3)6-10(11)14/h4-6H,14H2,1-3H3. The predicted octanol–water partition coefficient (Wildman–Crippen LogP) is 2.84. The van der Waals surface area contributed by atoms with E-state index in [4.69, 9.17) is 10.5 Å². The fraction of sp³-hybridized carbons (Fsp3) is 0.250. The molecule has 0 aliphatic carbocycles. The first-order chi connectivity index (χ1) is 8.04. The number of methoxy groups -OCH3 is 1. The van der Waals surface area contributed by atoms with Crippen LogP contribution in [0, 0.1) is 13.8 Å². The minimum atomic E-state index is 0.641. The summed E-state index contributed by atoms with van der Waals surface area (Å²) < 4.78 is 7.96. The third-order valence-electron chi connectivity index (χ3n) is 2.67. The first kappa shape index (κ1) is 12.0. The fourth-order valence-electron chi connectivity index (χ4n) is 1.71. The van der Waals surface area contributed by atoms with Crippen LogP contribution in [-0.2, 0) is 0 Å². The van der Waals surface area contributed by atoms with Crippen molar-refractivity contribution >= 4 is 21.6 Å². The average molecular weight is 296 g/mol. The van der Waals surface area contributed by atoms with Crippen molar-refractivity contribution in [2.45, 2.75) is 13.8 Å². The molecule has 2 N–H and O–H groups in total. The summed E-state index contributed by atoms with van der Waals surface area (Å²) in [6.45, 7) is 3.95. The molecule has 4 nitrogen and oxygen atoms in total. The molecule has 0 radical (unpaired) electrons. The molecule has 0 aliphatic heterocycles. The molecule has 5 heteroatoms. The number of nitrogens with zero attached hydrogens (tertiary/aromatic N) is 2. The second kappa shape index (κ2) is 4.41. The van der Waals surface area contributed by atoms with E-state index < -0.39 is 0 Å². The molecule has 1 heterocycles. The van der Waals surface area contributed by atoms with E-state index in [-0.39, 0.29) is 0 Å². The number of rotatable bonds is 2. The van der Waals surface area contributed by atoms with Gasteiger partial charge in [0.25, 0.3) is 0 Å². The summed E-state index contributed by atoms with van der Waals surface area (Å²) in [5, 5.41) is 4.45. The number of nitrogens with two attached hydrogens (primary N) is 1. The van der Waals surface area contributed by atoms with Crippen molar-refractivity contribution in [3.05, 3.63) is 34.1 Å². The van der Waals surface area contributed by atoms with E-state index in [2.05, 4.69) is 21.0 Å². The van der Waals surface area contributed by atoms with Crippen LogP contribution in [0.2, 0.25) is 0 Å². The van der Waals surface area contributed by atoms with Crippen LogP contribution in [0.4, 0.5) is 5.69 Å². The number of hydrogen-bond acceptors (Lipinski definition) is 3. The summed E-state index contributed by atoms with van der Waals surface area (Å²) in [6.07, 6.45) is 0. The van der Waals surface area contributed by atoms with E-state index in [0.717, 1.165) is 27.3 Å². The summed E-state index contributed by atoms with van der Waals surface area (Å²) in [4.78, 5) is 0. The molecule has 2 rings (SSSR count). The van der Waals surface area contributed by atoms with Crippen molar-refractivity contribution < 1.29 is 4.74 Å². The zero-order chi connectivity index (χ0) is 12.6. The number of halogens is 1. The minimum absolute atomic E-state index is 0.641. The van der Waals surface area contributed by atoms with E-state index in [9.17, 15) is 0 Å². The molecule has 0 aliphatic rings. The zero-order valence-corrected chi connectivity index (χ0v) is 11.6. The van der Waals surface area contributed by atoms with Crippen LogP contribution in [-0.4, -0.2) is 16.9 Å². The van der Waals surface area contributed by atoms with Crippen LogP contribution in [0.25, 0.3) is 5.69 Å². The van der Waals surface area contributed by atoms with Gasteiger partial charge in [-0.1, -0.05) is 0 Å². The van der Waals surface area contributed by atoms with Crippen LogP contribution < -0.4 is 10.5 Å². The molecule has 1 aromatic heterocycles. The number of benzene rings is 1. The van der Waals surface area contributed by atoms with Gasteiger partial charge in [0, 0.05) is 6.07 Å². The monoisotopic (exact) mass is 295 g/mol. The highest BCUT2D eigenvalue weighted by atomic mass is 79.9. The van der Waals surface area contributed by atoms with Gasteiger partial charge in [-0.3, -0.25) is 0 Å². The highest BCUT2D eigenvalue weighted by Crippen LogP contribution is 2.27. The van der Waals surface area contributed by atoms with Gasteiger partial charge in [0.05, 0.1) is 34.3 Å². The maximum Gasteiger partial charge on any atom is 0.121 e. The first-order valence-electron chi connectivity index (χ1n) is 5.20. The largest absolute Gasteiger partial charge is 0.497 e. The van der Waals surface area contributed by atoms with Gasteiger partial charge >= 0.3 is 0 Å². The fourth-order valence-corrected chi connectivity index (χ4v) is 1.96. The van der Waals surface area contributed by atoms with E-state index in [1.165, 1.54) is 0 Å². The zero-order valence-electron chi connectivity index (χ0n) is 9.99. The Labute approximate surface area is 109 Å². The minimum Gasteiger partial charge on any atom is -0.497 e. The summed E-state index contributed by atoms with van der Waals surface area (Å²) in [6, 6.07) is 5.57. The Balaban J connectivity index is 2.57. The quantitative estimate of drug-likeness (QED) is 0.867. The Bertz CT molecular complexity index is 563. The number of nitrogen functional groups attached to an aromatic ring is 1. The Morgan fingerprint density at radius 3 is 2.53 bits per heavy atom. The Kier molecular flexibility index (Phi) is 3.11. The topological polar surface area (TPSA) is 53.1 Å². The van der Waals surface area contributed by atoms with Gasteiger partial charge in [0.2, 0.25) is 0 Å². The molecule has 0 atom stereocenters. The van der Waals surface area contributed by atoms with E-state index >= 15 is 0 Å². The average Bonchev–Trinajstić information content (AvgIpc) is 2.57. The van der Waals surface area contributed by atoms with Crippen LogP contribution in [0.1, 0.15) is 11.4 Å². The van der Waals surface area contributed by atoms with Gasteiger partial charge < -0.3 is 10.5 Å². The molecule has 1 aromatic carbocycles. The lowest BCUT2D eigenvalue weighted by Crippen LogP contribution is -2.03. The third kappa shape index (κ3) is 2.02. The molecule has 0 saturated heterocycles. The van der Waals surface area contributed by atoms with Gasteiger partial charge in [-0.05, 0) is 41.9 Å². The molecule has 0 bridgehead atoms. The number of anilines is 1. The number of ether oxygens (including phenoxy) is 1. The van der Waals surface area contributed by atoms with E-state index in [1.807, 2.05) is 30.7 Å². The summed E-state index contributed by atoms with van der Waals surface area (Å²) in [5.74, 6) is 0.742. The molecular weight excluding hydrogens is 282 g/mol. The molecule has 0 fully saturated rings. The van der Waals surface area contributed by atoms with E-state index in [0.29, 0.717) is 5.69 Å². The second-order valence-electron chi connectivity index (χ2n) is 3.82. The van der Waals surface area contributed by atoms with Gasteiger partial charge in [0.1, 0.15) is 5.75 Å². The second-order valence-corrected chi connectivity index (χ2v) is 4.61. The lowest BCUT2D eigenvalue weighted by molar-refractivity contribution is 0.415. The third-order valence-corrected chi connectivity index (χ3v) is 3.81. The highest BCUT2D eigenvalue weighted by molar-refractivity contribution is 9.10. The van der Waals surface area contributed by atoms with E-state index in [1.54, 1.807) is 13.2 Å². The van der Waals surface area contributed by atoms with Gasteiger partial charge in [0.15, 0.2) is 0 Å². The van der Waals surface area contributed by atoms with Gasteiger partial charge in [-0.25, -0.2) is 4.68 Å². The predicted molar refractivity (Wildman–Crippen MR) is 71.7 cm³/mol. The molecule has 0 saturated carbocycles. The molecule has 90 valence electrons. The highest BCUT2D eigenvalue weighted by Gasteiger charge is 2.12.